The molecule has 0 aliphatic rings. The fraction of sp³-hybridized carbons (Fsp3) is 0.188. The van der Waals surface area contributed by atoms with E-state index in [1.54, 1.807) is 0 Å². The minimum atomic E-state index is 0.582. The van der Waals surface area contributed by atoms with Crippen molar-refractivity contribution in [1.29, 1.82) is 0 Å². The van der Waals surface area contributed by atoms with E-state index in [4.69, 9.17) is 4.74 Å². The molecule has 0 atom stereocenters. The van der Waals surface area contributed by atoms with Crippen LogP contribution in [-0.2, 0) is 13.0 Å². The normalized spacial score (nSPS) is 10.8. The number of pyridine rings is 1. The van der Waals surface area contributed by atoms with Crippen LogP contribution in [0, 0.1) is 0 Å². The summed E-state index contributed by atoms with van der Waals surface area (Å²) in [5, 5.41) is 0. The standard InChI is InChI=1S/C16H16N2O/c1-2-14-11-17-16-10-15(8-9-18(14)16)19-12-13-6-4-3-5-7-13/h3-11H,2,12H2,1H3. The molecule has 0 bridgehead atoms. The van der Waals surface area contributed by atoms with Gasteiger partial charge >= 0.3 is 0 Å². The van der Waals surface area contributed by atoms with Gasteiger partial charge in [0.25, 0.3) is 0 Å². The molecule has 0 radical (unpaired) electrons. The van der Waals surface area contributed by atoms with Crippen LogP contribution in [0.15, 0.2) is 54.9 Å². The summed E-state index contributed by atoms with van der Waals surface area (Å²) in [5.74, 6) is 0.851. The smallest absolute Gasteiger partial charge is 0.140 e. The Kier molecular flexibility index (Phi) is 3.19. The summed E-state index contributed by atoms with van der Waals surface area (Å²) in [5.41, 5.74) is 3.31. The zero-order valence-corrected chi connectivity index (χ0v) is 10.9. The number of hydrogen-bond donors (Lipinski definition) is 0. The average molecular weight is 252 g/mol. The van der Waals surface area contributed by atoms with Crippen LogP contribution in [0.25, 0.3) is 5.65 Å². The molecule has 3 aromatic rings. The van der Waals surface area contributed by atoms with Crippen LogP contribution in [0.5, 0.6) is 5.75 Å². The SMILES string of the molecule is CCc1cnc2cc(OCc3ccccc3)ccn12. The Morgan fingerprint density at radius 2 is 2.00 bits per heavy atom. The van der Waals surface area contributed by atoms with Crippen molar-refractivity contribution in [2.45, 2.75) is 20.0 Å². The summed E-state index contributed by atoms with van der Waals surface area (Å²) in [6.07, 6.45) is 4.91. The second kappa shape index (κ2) is 5.14. The molecular formula is C16H16N2O. The van der Waals surface area contributed by atoms with Gasteiger partial charge in [-0.2, -0.15) is 0 Å². The topological polar surface area (TPSA) is 26.5 Å². The number of aryl methyl sites for hydroxylation is 1. The third-order valence-corrected chi connectivity index (χ3v) is 3.17. The second-order valence-electron chi connectivity index (χ2n) is 4.47. The Morgan fingerprint density at radius 3 is 2.79 bits per heavy atom. The summed E-state index contributed by atoms with van der Waals surface area (Å²) in [4.78, 5) is 4.39. The molecule has 3 heteroatoms. The Balaban J connectivity index is 1.78. The number of imidazole rings is 1. The minimum Gasteiger partial charge on any atom is -0.489 e. The van der Waals surface area contributed by atoms with Crippen molar-refractivity contribution in [3.63, 3.8) is 0 Å². The lowest BCUT2D eigenvalue weighted by molar-refractivity contribution is 0.306. The van der Waals surface area contributed by atoms with Crippen LogP contribution >= 0.6 is 0 Å². The van der Waals surface area contributed by atoms with Crippen LogP contribution in [0.2, 0.25) is 0 Å². The van der Waals surface area contributed by atoms with Gasteiger partial charge in [0.15, 0.2) is 0 Å². The minimum absolute atomic E-state index is 0.582. The van der Waals surface area contributed by atoms with E-state index >= 15 is 0 Å². The van der Waals surface area contributed by atoms with Crippen LogP contribution in [0.3, 0.4) is 0 Å². The van der Waals surface area contributed by atoms with Crippen molar-refractivity contribution < 1.29 is 4.74 Å². The lowest BCUT2D eigenvalue weighted by Crippen LogP contribution is -1.96. The van der Waals surface area contributed by atoms with E-state index in [1.807, 2.05) is 42.7 Å². The number of benzene rings is 1. The number of hydrogen-bond acceptors (Lipinski definition) is 2. The van der Waals surface area contributed by atoms with Crippen molar-refractivity contribution in [2.75, 3.05) is 0 Å². The Hall–Kier alpha value is -2.29. The van der Waals surface area contributed by atoms with E-state index in [0.717, 1.165) is 17.8 Å². The summed E-state index contributed by atoms with van der Waals surface area (Å²) in [6.45, 7) is 2.71. The number of nitrogens with zero attached hydrogens (tertiary/aromatic N) is 2. The number of aromatic nitrogens is 2. The molecule has 0 fully saturated rings. The van der Waals surface area contributed by atoms with Gasteiger partial charge in [0.05, 0.1) is 0 Å². The largest absolute Gasteiger partial charge is 0.489 e. The molecule has 0 spiro atoms. The molecule has 0 unspecified atom stereocenters. The van der Waals surface area contributed by atoms with Crippen molar-refractivity contribution in [1.82, 2.24) is 9.38 Å². The first-order valence-electron chi connectivity index (χ1n) is 6.49. The number of fused-ring (bicyclic) bond motifs is 1. The van der Waals surface area contributed by atoms with Gasteiger partial charge in [-0.15, -0.1) is 0 Å². The molecule has 0 saturated heterocycles. The van der Waals surface area contributed by atoms with Gasteiger partial charge < -0.3 is 9.14 Å². The van der Waals surface area contributed by atoms with Crippen molar-refractivity contribution in [2.24, 2.45) is 0 Å². The highest BCUT2D eigenvalue weighted by Gasteiger charge is 2.03. The summed E-state index contributed by atoms with van der Waals surface area (Å²) in [7, 11) is 0. The predicted molar refractivity (Wildman–Crippen MR) is 75.3 cm³/mol. The van der Waals surface area contributed by atoms with Crippen LogP contribution < -0.4 is 4.74 Å². The molecule has 2 aromatic heterocycles. The van der Waals surface area contributed by atoms with E-state index in [1.165, 1.54) is 11.3 Å². The van der Waals surface area contributed by atoms with Crippen molar-refractivity contribution >= 4 is 5.65 Å². The molecule has 3 nitrogen and oxygen atoms in total. The fourth-order valence-electron chi connectivity index (χ4n) is 2.11. The summed E-state index contributed by atoms with van der Waals surface area (Å²) >= 11 is 0. The summed E-state index contributed by atoms with van der Waals surface area (Å²) in [6, 6.07) is 14.1. The second-order valence-corrected chi connectivity index (χ2v) is 4.47. The van der Waals surface area contributed by atoms with Crippen molar-refractivity contribution in [3.05, 3.63) is 66.1 Å². The molecule has 0 saturated carbocycles. The maximum Gasteiger partial charge on any atom is 0.140 e. The van der Waals surface area contributed by atoms with E-state index in [9.17, 15) is 0 Å². The zero-order chi connectivity index (χ0) is 13.1. The lowest BCUT2D eigenvalue weighted by atomic mass is 10.2. The zero-order valence-electron chi connectivity index (χ0n) is 10.9. The number of ether oxygens (including phenoxy) is 1. The van der Waals surface area contributed by atoms with Gasteiger partial charge in [-0.3, -0.25) is 0 Å². The Morgan fingerprint density at radius 1 is 1.16 bits per heavy atom. The highest BCUT2D eigenvalue weighted by molar-refractivity contribution is 5.46. The van der Waals surface area contributed by atoms with Gasteiger partial charge in [0.2, 0.25) is 0 Å². The molecule has 0 aliphatic carbocycles. The third-order valence-electron chi connectivity index (χ3n) is 3.17. The molecule has 96 valence electrons. The first-order valence-corrected chi connectivity index (χ1v) is 6.49. The first-order chi connectivity index (χ1) is 9.36. The van der Waals surface area contributed by atoms with Crippen LogP contribution in [0.4, 0.5) is 0 Å². The predicted octanol–water partition coefficient (Wildman–Crippen LogP) is 3.48. The molecule has 0 aliphatic heterocycles. The molecular weight excluding hydrogens is 236 g/mol. The number of rotatable bonds is 4. The average Bonchev–Trinajstić information content (AvgIpc) is 2.88. The van der Waals surface area contributed by atoms with E-state index in [2.05, 4.69) is 28.4 Å². The molecule has 3 rings (SSSR count). The molecule has 0 N–H and O–H groups in total. The van der Waals surface area contributed by atoms with Gasteiger partial charge in [0, 0.05) is 24.2 Å². The first kappa shape index (κ1) is 11.8. The van der Waals surface area contributed by atoms with E-state index < -0.39 is 0 Å². The molecule has 19 heavy (non-hydrogen) atoms. The quantitative estimate of drug-likeness (QED) is 0.710. The van der Waals surface area contributed by atoms with Gasteiger partial charge in [-0.05, 0) is 18.1 Å². The fourth-order valence-corrected chi connectivity index (χ4v) is 2.11. The molecule has 0 amide bonds. The summed E-state index contributed by atoms with van der Waals surface area (Å²) < 4.78 is 7.88. The van der Waals surface area contributed by atoms with Gasteiger partial charge in [-0.25, -0.2) is 4.98 Å². The van der Waals surface area contributed by atoms with Crippen LogP contribution in [0.1, 0.15) is 18.2 Å². The van der Waals surface area contributed by atoms with E-state index in [0.29, 0.717) is 6.61 Å². The third kappa shape index (κ3) is 2.45. The lowest BCUT2D eigenvalue weighted by Gasteiger charge is -2.07. The van der Waals surface area contributed by atoms with Gasteiger partial charge in [-0.1, -0.05) is 37.3 Å². The monoisotopic (exact) mass is 252 g/mol. The van der Waals surface area contributed by atoms with Crippen LogP contribution in [-0.4, -0.2) is 9.38 Å². The van der Waals surface area contributed by atoms with Gasteiger partial charge in [0.1, 0.15) is 18.0 Å². The molecule has 1 aromatic carbocycles. The van der Waals surface area contributed by atoms with E-state index in [-0.39, 0.29) is 0 Å². The molecule has 2 heterocycles. The Labute approximate surface area is 112 Å². The van der Waals surface area contributed by atoms with Crippen molar-refractivity contribution in [3.8, 4) is 5.75 Å². The maximum atomic E-state index is 5.79. The Bertz CT molecular complexity index is 674. The maximum absolute atomic E-state index is 5.79. The highest BCUT2D eigenvalue weighted by Crippen LogP contribution is 2.17. The highest BCUT2D eigenvalue weighted by atomic mass is 16.5.